The molecule has 0 radical (unpaired) electrons. The summed E-state index contributed by atoms with van der Waals surface area (Å²) in [6.07, 6.45) is 0. The Balaban J connectivity index is 0.00000441. The Morgan fingerprint density at radius 3 is 1.77 bits per heavy atom. The van der Waals surface area contributed by atoms with Gasteiger partial charge in [0.05, 0.1) is 20.8 Å². The second kappa shape index (κ2) is 10.4. The van der Waals surface area contributed by atoms with Crippen LogP contribution in [0.3, 0.4) is 0 Å². The largest absolute Gasteiger partial charge is 0.496 e. The van der Waals surface area contributed by atoms with Crippen molar-refractivity contribution in [3.05, 3.63) is 18.2 Å². The van der Waals surface area contributed by atoms with Gasteiger partial charge in [-0.2, -0.15) is 0 Å². The van der Waals surface area contributed by atoms with Crippen LogP contribution in [0.5, 0.6) is 17.2 Å². The second-order valence-corrected chi connectivity index (χ2v) is 4.87. The quantitative estimate of drug-likeness (QED) is 0.304. The topological polar surface area (TPSA) is 46.5 Å². The maximum Gasteiger partial charge on any atom is 0.195 e. The molecule has 1 aromatic rings. The number of ether oxygens (including phenoxy) is 3. The second-order valence-electron chi connectivity index (χ2n) is 4.87. The molecule has 0 amide bonds. The van der Waals surface area contributed by atoms with Crippen LogP contribution in [-0.4, -0.2) is 71.3 Å². The van der Waals surface area contributed by atoms with E-state index in [0.29, 0.717) is 30.4 Å². The summed E-state index contributed by atoms with van der Waals surface area (Å²) in [4.78, 5) is 8.44. The molecular formula is C15H26IN3O3. The van der Waals surface area contributed by atoms with Crippen molar-refractivity contribution in [3.8, 4) is 17.2 Å². The lowest BCUT2D eigenvalue weighted by Crippen LogP contribution is -2.35. The number of hydrogen-bond acceptors (Lipinski definition) is 4. The van der Waals surface area contributed by atoms with Crippen LogP contribution < -0.4 is 14.2 Å². The highest BCUT2D eigenvalue weighted by molar-refractivity contribution is 14.0. The third kappa shape index (κ3) is 6.59. The molecule has 0 aliphatic rings. The van der Waals surface area contributed by atoms with Crippen molar-refractivity contribution in [3.63, 3.8) is 0 Å². The molecule has 126 valence electrons. The van der Waals surface area contributed by atoms with E-state index in [1.54, 1.807) is 20.3 Å². The maximum absolute atomic E-state index is 5.70. The van der Waals surface area contributed by atoms with E-state index in [2.05, 4.69) is 4.99 Å². The van der Waals surface area contributed by atoms with E-state index < -0.39 is 0 Å². The van der Waals surface area contributed by atoms with Crippen molar-refractivity contribution in [1.29, 1.82) is 0 Å². The molecule has 1 aromatic carbocycles. The van der Waals surface area contributed by atoms with Crippen molar-refractivity contribution >= 4 is 29.9 Å². The lowest BCUT2D eigenvalue weighted by atomic mass is 10.3. The Kier molecular flexibility index (Phi) is 9.71. The van der Waals surface area contributed by atoms with Gasteiger partial charge >= 0.3 is 0 Å². The summed E-state index contributed by atoms with van der Waals surface area (Å²) in [6.45, 7) is 1.06. The van der Waals surface area contributed by atoms with Crippen LogP contribution in [0.15, 0.2) is 23.2 Å². The number of aliphatic imine (C=N–C) groups is 1. The van der Waals surface area contributed by atoms with Gasteiger partial charge in [-0.05, 0) is 0 Å². The van der Waals surface area contributed by atoms with Crippen LogP contribution in [0.25, 0.3) is 0 Å². The lowest BCUT2D eigenvalue weighted by molar-refractivity contribution is 0.319. The molecule has 6 nitrogen and oxygen atoms in total. The highest BCUT2D eigenvalue weighted by atomic mass is 127. The van der Waals surface area contributed by atoms with Crippen LogP contribution in [-0.2, 0) is 0 Å². The first-order chi connectivity index (χ1) is 9.97. The number of rotatable bonds is 6. The van der Waals surface area contributed by atoms with Gasteiger partial charge < -0.3 is 24.0 Å². The van der Waals surface area contributed by atoms with Gasteiger partial charge in [0, 0.05) is 46.4 Å². The molecule has 0 spiro atoms. The predicted molar refractivity (Wildman–Crippen MR) is 100 cm³/mol. The number of benzene rings is 1. The van der Waals surface area contributed by atoms with Gasteiger partial charge in [-0.3, -0.25) is 0 Å². The van der Waals surface area contributed by atoms with Crippen LogP contribution >= 0.6 is 24.0 Å². The smallest absolute Gasteiger partial charge is 0.195 e. The first-order valence-electron chi connectivity index (χ1n) is 6.73. The molecule has 22 heavy (non-hydrogen) atoms. The predicted octanol–water partition coefficient (Wildman–Crippen LogP) is 2.18. The van der Waals surface area contributed by atoms with Crippen LogP contribution in [0, 0.1) is 0 Å². The zero-order chi connectivity index (χ0) is 15.8. The minimum atomic E-state index is 0. The summed E-state index contributed by atoms with van der Waals surface area (Å²) in [7, 11) is 11.1. The van der Waals surface area contributed by atoms with E-state index in [9.17, 15) is 0 Å². The zero-order valence-electron chi connectivity index (χ0n) is 14.1. The van der Waals surface area contributed by atoms with Crippen molar-refractivity contribution in [1.82, 2.24) is 9.80 Å². The number of guanidine groups is 1. The molecule has 0 aliphatic heterocycles. The molecule has 0 saturated heterocycles. The molecule has 0 heterocycles. The van der Waals surface area contributed by atoms with Gasteiger partial charge in [-0.25, -0.2) is 4.99 Å². The fraction of sp³-hybridized carbons (Fsp3) is 0.533. The average Bonchev–Trinajstić information content (AvgIpc) is 2.45. The van der Waals surface area contributed by atoms with Crippen molar-refractivity contribution < 1.29 is 14.2 Å². The Morgan fingerprint density at radius 2 is 1.36 bits per heavy atom. The molecule has 0 aromatic heterocycles. The van der Waals surface area contributed by atoms with Crippen LogP contribution in [0.2, 0.25) is 0 Å². The summed E-state index contributed by atoms with van der Waals surface area (Å²) in [6, 6.07) is 5.46. The number of methoxy groups -OCH3 is 2. The highest BCUT2D eigenvalue weighted by Crippen LogP contribution is 2.27. The van der Waals surface area contributed by atoms with E-state index in [1.165, 1.54) is 0 Å². The molecule has 0 saturated carbocycles. The third-order valence-corrected chi connectivity index (χ3v) is 2.74. The molecule has 0 bridgehead atoms. The van der Waals surface area contributed by atoms with E-state index in [0.717, 1.165) is 5.96 Å². The molecule has 0 N–H and O–H groups in total. The van der Waals surface area contributed by atoms with Gasteiger partial charge in [-0.15, -0.1) is 24.0 Å². The van der Waals surface area contributed by atoms with Crippen LogP contribution in [0.4, 0.5) is 0 Å². The molecule has 7 heteroatoms. The first kappa shape index (κ1) is 20.6. The summed E-state index contributed by atoms with van der Waals surface area (Å²) in [5, 5.41) is 0. The van der Waals surface area contributed by atoms with Gasteiger partial charge in [0.1, 0.15) is 23.9 Å². The van der Waals surface area contributed by atoms with E-state index in [1.807, 2.05) is 50.1 Å². The molecule has 0 atom stereocenters. The Bertz CT molecular complexity index is 447. The first-order valence-corrected chi connectivity index (χ1v) is 6.73. The van der Waals surface area contributed by atoms with E-state index in [4.69, 9.17) is 14.2 Å². The third-order valence-electron chi connectivity index (χ3n) is 2.74. The SMILES string of the molecule is COc1cc(OC)cc(OCCN=C(N(C)C)N(C)C)c1.I. The molecule has 0 fully saturated rings. The standard InChI is InChI=1S/C15H25N3O3.HI/c1-17(2)15(18(3)4)16-7-8-21-14-10-12(19-5)9-13(11-14)20-6;/h9-11H,7-8H2,1-6H3;1H. The van der Waals surface area contributed by atoms with Gasteiger partial charge in [0.15, 0.2) is 5.96 Å². The minimum absolute atomic E-state index is 0. The summed E-state index contributed by atoms with van der Waals surface area (Å²) >= 11 is 0. The summed E-state index contributed by atoms with van der Waals surface area (Å²) < 4.78 is 16.1. The minimum Gasteiger partial charge on any atom is -0.496 e. The van der Waals surface area contributed by atoms with E-state index >= 15 is 0 Å². The summed E-state index contributed by atoms with van der Waals surface area (Å²) in [5.41, 5.74) is 0. The molecule has 1 rings (SSSR count). The number of hydrogen-bond donors (Lipinski definition) is 0. The molecule has 0 aliphatic carbocycles. The van der Waals surface area contributed by atoms with Crippen molar-refractivity contribution in [2.75, 3.05) is 55.6 Å². The van der Waals surface area contributed by atoms with Crippen molar-refractivity contribution in [2.24, 2.45) is 4.99 Å². The molecule has 0 unspecified atom stereocenters. The maximum atomic E-state index is 5.70. The fourth-order valence-electron chi connectivity index (χ4n) is 1.86. The number of nitrogens with zero attached hydrogens (tertiary/aromatic N) is 3. The highest BCUT2D eigenvalue weighted by Gasteiger charge is 2.05. The normalized spacial score (nSPS) is 9.36. The monoisotopic (exact) mass is 423 g/mol. The van der Waals surface area contributed by atoms with Crippen LogP contribution in [0.1, 0.15) is 0 Å². The Labute approximate surface area is 150 Å². The summed E-state index contributed by atoms with van der Waals surface area (Å²) in [5.74, 6) is 3.02. The van der Waals surface area contributed by atoms with Gasteiger partial charge in [-0.1, -0.05) is 0 Å². The van der Waals surface area contributed by atoms with E-state index in [-0.39, 0.29) is 24.0 Å². The zero-order valence-corrected chi connectivity index (χ0v) is 16.5. The van der Waals surface area contributed by atoms with Gasteiger partial charge in [0.25, 0.3) is 0 Å². The lowest BCUT2D eigenvalue weighted by Gasteiger charge is -2.22. The molecular weight excluding hydrogens is 397 g/mol. The van der Waals surface area contributed by atoms with Gasteiger partial charge in [0.2, 0.25) is 0 Å². The fourth-order valence-corrected chi connectivity index (χ4v) is 1.86. The number of halogens is 1. The van der Waals surface area contributed by atoms with Crippen molar-refractivity contribution in [2.45, 2.75) is 0 Å². The Hall–Kier alpha value is -1.38. The average molecular weight is 423 g/mol. The Morgan fingerprint density at radius 1 is 0.909 bits per heavy atom.